The second-order valence-electron chi connectivity index (χ2n) is 6.37. The lowest BCUT2D eigenvalue weighted by Gasteiger charge is -2.36. The fraction of sp³-hybridized carbons (Fsp3) is 0.588. The van der Waals surface area contributed by atoms with Crippen LogP contribution in [0.1, 0.15) is 25.7 Å². The quantitative estimate of drug-likeness (QED) is 0.814. The van der Waals surface area contributed by atoms with E-state index in [4.69, 9.17) is 4.74 Å². The molecule has 7 nitrogen and oxygen atoms in total. The summed E-state index contributed by atoms with van der Waals surface area (Å²) < 4.78 is 30.8. The van der Waals surface area contributed by atoms with Crippen molar-refractivity contribution >= 4 is 21.6 Å². The summed E-state index contributed by atoms with van der Waals surface area (Å²) in [6.45, 7) is -0.334. The van der Waals surface area contributed by atoms with E-state index in [1.54, 1.807) is 31.3 Å². The van der Waals surface area contributed by atoms with Gasteiger partial charge in [0, 0.05) is 7.05 Å². The Labute approximate surface area is 149 Å². The number of para-hydroxylation sites is 2. The molecule has 0 aliphatic heterocycles. The number of amides is 1. The number of hydrogen-bond donors (Lipinski definition) is 1. The zero-order chi connectivity index (χ0) is 18.6. The highest BCUT2D eigenvalue weighted by atomic mass is 32.2. The van der Waals surface area contributed by atoms with Crippen molar-refractivity contribution in [2.45, 2.75) is 37.8 Å². The third-order valence-electron chi connectivity index (χ3n) is 4.62. The Morgan fingerprint density at radius 2 is 1.92 bits per heavy atom. The van der Waals surface area contributed by atoms with Crippen LogP contribution >= 0.6 is 0 Å². The fourth-order valence-electron chi connectivity index (χ4n) is 3.18. The summed E-state index contributed by atoms with van der Waals surface area (Å²) in [5, 5.41) is 10.1. The number of benzene rings is 1. The van der Waals surface area contributed by atoms with Crippen LogP contribution in [0.5, 0.6) is 5.75 Å². The molecule has 2 rings (SSSR count). The van der Waals surface area contributed by atoms with Crippen LogP contribution in [0.4, 0.5) is 5.69 Å². The first-order chi connectivity index (χ1) is 11.8. The number of sulfonamides is 1. The van der Waals surface area contributed by atoms with Crippen LogP contribution in [0.3, 0.4) is 0 Å². The van der Waals surface area contributed by atoms with Gasteiger partial charge in [-0.1, -0.05) is 25.0 Å². The average molecular weight is 370 g/mol. The second-order valence-corrected chi connectivity index (χ2v) is 8.27. The molecular weight excluding hydrogens is 344 g/mol. The van der Waals surface area contributed by atoms with Crippen LogP contribution in [0, 0.1) is 0 Å². The number of likely N-dealkylation sites (N-methyl/N-ethyl adjacent to an activating group) is 1. The van der Waals surface area contributed by atoms with Gasteiger partial charge in [0.05, 0.1) is 31.2 Å². The van der Waals surface area contributed by atoms with E-state index in [9.17, 15) is 18.3 Å². The van der Waals surface area contributed by atoms with E-state index < -0.39 is 16.1 Å². The van der Waals surface area contributed by atoms with Gasteiger partial charge < -0.3 is 14.7 Å². The Hall–Kier alpha value is -1.80. The molecule has 1 aliphatic carbocycles. The molecule has 1 saturated carbocycles. The normalized spacial score (nSPS) is 20.8. The molecule has 0 aromatic heterocycles. The average Bonchev–Trinajstić information content (AvgIpc) is 2.58. The minimum Gasteiger partial charge on any atom is -0.495 e. The molecule has 0 bridgehead atoms. The molecule has 0 saturated heterocycles. The third-order valence-corrected chi connectivity index (χ3v) is 5.74. The smallest absolute Gasteiger partial charge is 0.243 e. The van der Waals surface area contributed by atoms with E-state index in [1.165, 1.54) is 12.0 Å². The van der Waals surface area contributed by atoms with Gasteiger partial charge in [-0.25, -0.2) is 8.42 Å². The van der Waals surface area contributed by atoms with Crippen LogP contribution in [-0.2, 0) is 14.8 Å². The maximum absolute atomic E-state index is 12.7. The van der Waals surface area contributed by atoms with Gasteiger partial charge in [0.1, 0.15) is 12.3 Å². The van der Waals surface area contributed by atoms with Crippen LogP contribution in [0.25, 0.3) is 0 Å². The predicted octanol–water partition coefficient (Wildman–Crippen LogP) is 1.22. The second kappa shape index (κ2) is 8.05. The summed E-state index contributed by atoms with van der Waals surface area (Å²) in [5.41, 5.74) is 0.318. The number of aliphatic hydroxyl groups excluding tert-OH is 1. The number of carbonyl (C=O) groups is 1. The highest BCUT2D eigenvalue weighted by Gasteiger charge is 2.32. The van der Waals surface area contributed by atoms with Crippen molar-refractivity contribution in [3.8, 4) is 5.75 Å². The van der Waals surface area contributed by atoms with Gasteiger partial charge >= 0.3 is 0 Å². The van der Waals surface area contributed by atoms with E-state index in [0.717, 1.165) is 29.8 Å². The zero-order valence-electron chi connectivity index (χ0n) is 14.9. The van der Waals surface area contributed by atoms with Crippen LogP contribution in [-0.4, -0.2) is 63.4 Å². The van der Waals surface area contributed by atoms with Gasteiger partial charge in [-0.3, -0.25) is 9.10 Å². The summed E-state index contributed by atoms with van der Waals surface area (Å²) in [5.74, 6) is 0.0170. The fourth-order valence-corrected chi connectivity index (χ4v) is 4.03. The largest absolute Gasteiger partial charge is 0.495 e. The number of nitrogens with zero attached hydrogens (tertiary/aromatic N) is 2. The van der Waals surface area contributed by atoms with Crippen molar-refractivity contribution in [3.05, 3.63) is 24.3 Å². The summed E-state index contributed by atoms with van der Waals surface area (Å²) >= 11 is 0. The third kappa shape index (κ3) is 4.64. The molecule has 0 heterocycles. The van der Waals surface area contributed by atoms with Gasteiger partial charge in [-0.15, -0.1) is 0 Å². The lowest BCUT2D eigenvalue weighted by Crippen LogP contribution is -2.50. The van der Waals surface area contributed by atoms with Crippen molar-refractivity contribution in [3.63, 3.8) is 0 Å². The van der Waals surface area contributed by atoms with Gasteiger partial charge in [-0.05, 0) is 25.0 Å². The molecular formula is C17H26N2O5S. The minimum atomic E-state index is -3.68. The van der Waals surface area contributed by atoms with Crippen molar-refractivity contribution in [1.82, 2.24) is 4.90 Å². The van der Waals surface area contributed by atoms with Crippen molar-refractivity contribution in [2.24, 2.45) is 0 Å². The maximum Gasteiger partial charge on any atom is 0.243 e. The monoisotopic (exact) mass is 370 g/mol. The molecule has 0 radical (unpaired) electrons. The van der Waals surface area contributed by atoms with Crippen molar-refractivity contribution in [2.75, 3.05) is 31.3 Å². The minimum absolute atomic E-state index is 0.277. The molecule has 1 aromatic rings. The SMILES string of the molecule is COc1ccccc1N(CC(=O)N(C)C1CCCCC1O)S(C)(=O)=O. The Morgan fingerprint density at radius 1 is 1.28 bits per heavy atom. The predicted molar refractivity (Wildman–Crippen MR) is 96.2 cm³/mol. The van der Waals surface area contributed by atoms with Gasteiger partial charge in [-0.2, -0.15) is 0 Å². The maximum atomic E-state index is 12.7. The highest BCUT2D eigenvalue weighted by molar-refractivity contribution is 7.92. The van der Waals surface area contributed by atoms with E-state index in [-0.39, 0.29) is 18.5 Å². The molecule has 25 heavy (non-hydrogen) atoms. The number of ether oxygens (including phenoxy) is 1. The number of aliphatic hydroxyl groups is 1. The van der Waals surface area contributed by atoms with Crippen LogP contribution in [0.2, 0.25) is 0 Å². The number of anilines is 1. The zero-order valence-corrected chi connectivity index (χ0v) is 15.7. The molecule has 1 N–H and O–H groups in total. The lowest BCUT2D eigenvalue weighted by atomic mass is 9.91. The molecule has 2 unspecified atom stereocenters. The first kappa shape index (κ1) is 19.5. The Morgan fingerprint density at radius 3 is 2.52 bits per heavy atom. The van der Waals surface area contributed by atoms with Crippen molar-refractivity contribution < 1.29 is 23.1 Å². The molecule has 1 aromatic carbocycles. The molecule has 0 spiro atoms. The van der Waals surface area contributed by atoms with E-state index in [0.29, 0.717) is 17.9 Å². The Balaban J connectivity index is 2.24. The van der Waals surface area contributed by atoms with E-state index in [1.807, 2.05) is 0 Å². The topological polar surface area (TPSA) is 87.2 Å². The molecule has 140 valence electrons. The lowest BCUT2D eigenvalue weighted by molar-refractivity contribution is -0.133. The Bertz CT molecular complexity index is 707. The van der Waals surface area contributed by atoms with E-state index >= 15 is 0 Å². The van der Waals surface area contributed by atoms with Crippen molar-refractivity contribution in [1.29, 1.82) is 0 Å². The first-order valence-corrected chi connectivity index (χ1v) is 10.1. The van der Waals surface area contributed by atoms with E-state index in [2.05, 4.69) is 0 Å². The van der Waals surface area contributed by atoms with Gasteiger partial charge in [0.25, 0.3) is 0 Å². The standard InChI is InChI=1S/C17H26N2O5S/c1-18(13-8-4-6-10-15(13)20)17(21)12-19(25(3,22)23)14-9-5-7-11-16(14)24-2/h5,7,9,11,13,15,20H,4,6,8,10,12H2,1-3H3. The summed E-state index contributed by atoms with van der Waals surface area (Å²) in [6.07, 6.45) is 3.75. The first-order valence-electron chi connectivity index (χ1n) is 8.30. The molecule has 2 atom stereocenters. The van der Waals surface area contributed by atoms with Crippen LogP contribution < -0.4 is 9.04 Å². The summed E-state index contributed by atoms with van der Waals surface area (Å²) in [6, 6.07) is 6.39. The summed E-state index contributed by atoms with van der Waals surface area (Å²) in [4.78, 5) is 14.2. The Kier molecular flexibility index (Phi) is 6.29. The molecule has 1 fully saturated rings. The van der Waals surface area contributed by atoms with Gasteiger partial charge in [0.2, 0.25) is 15.9 Å². The molecule has 1 amide bonds. The number of carbonyl (C=O) groups excluding carboxylic acids is 1. The number of methoxy groups -OCH3 is 1. The number of hydrogen-bond acceptors (Lipinski definition) is 5. The van der Waals surface area contributed by atoms with Crippen LogP contribution in [0.15, 0.2) is 24.3 Å². The van der Waals surface area contributed by atoms with Gasteiger partial charge in [0.15, 0.2) is 0 Å². The number of rotatable bonds is 6. The molecule has 8 heteroatoms. The summed E-state index contributed by atoms with van der Waals surface area (Å²) in [7, 11) is -0.615. The molecule has 1 aliphatic rings. The highest BCUT2D eigenvalue weighted by Crippen LogP contribution is 2.30.